The lowest BCUT2D eigenvalue weighted by atomic mass is 10.0. The number of rotatable bonds is 3. The van der Waals surface area contributed by atoms with E-state index in [1.165, 1.54) is 21.8 Å². The Bertz CT molecular complexity index is 2860. The minimum Gasteiger partial charge on any atom is -0.456 e. The van der Waals surface area contributed by atoms with E-state index in [0.717, 1.165) is 66.2 Å². The van der Waals surface area contributed by atoms with Crippen LogP contribution in [0.25, 0.3) is 88.1 Å². The lowest BCUT2D eigenvalue weighted by molar-refractivity contribution is 0.669. The molecule has 3 heterocycles. The molecule has 0 saturated heterocycles. The van der Waals surface area contributed by atoms with Crippen LogP contribution in [0.3, 0.4) is 0 Å². The molecule has 3 aromatic heterocycles. The van der Waals surface area contributed by atoms with Gasteiger partial charge in [-0.1, -0.05) is 84.9 Å². The molecule has 0 N–H and O–H groups in total. The number of hydrogen-bond donors (Lipinski definition) is 0. The van der Waals surface area contributed by atoms with E-state index in [1.54, 1.807) is 0 Å². The molecule has 0 amide bonds. The van der Waals surface area contributed by atoms with Crippen LogP contribution in [0.1, 0.15) is 5.56 Å². The van der Waals surface area contributed by atoms with Crippen LogP contribution in [-0.2, 0) is 0 Å². The molecule has 0 atom stereocenters. The first kappa shape index (κ1) is 25.7. The van der Waals surface area contributed by atoms with Crippen LogP contribution in [0.5, 0.6) is 0 Å². The second-order valence-corrected chi connectivity index (χ2v) is 12.1. The zero-order chi connectivity index (χ0) is 31.1. The zero-order valence-electron chi connectivity index (χ0n) is 25.2. The van der Waals surface area contributed by atoms with Crippen molar-refractivity contribution in [3.05, 3.63) is 157 Å². The van der Waals surface area contributed by atoms with E-state index < -0.39 is 0 Å². The lowest BCUT2D eigenvalue weighted by Crippen LogP contribution is -1.96. The molecule has 218 valence electrons. The second kappa shape index (κ2) is 9.71. The van der Waals surface area contributed by atoms with E-state index in [9.17, 15) is 5.26 Å². The van der Waals surface area contributed by atoms with Gasteiger partial charge in [0.05, 0.1) is 33.7 Å². The third-order valence-electron chi connectivity index (χ3n) is 9.52. The summed E-state index contributed by atoms with van der Waals surface area (Å²) >= 11 is 0. The van der Waals surface area contributed by atoms with E-state index in [0.29, 0.717) is 5.56 Å². The number of hydrogen-bond acceptors (Lipinski definition) is 2. The number of para-hydroxylation sites is 4. The molecule has 0 aliphatic rings. The van der Waals surface area contributed by atoms with Crippen molar-refractivity contribution in [2.75, 3.05) is 0 Å². The van der Waals surface area contributed by atoms with Gasteiger partial charge in [0.1, 0.15) is 11.2 Å². The summed E-state index contributed by atoms with van der Waals surface area (Å²) in [7, 11) is 0. The fourth-order valence-corrected chi connectivity index (χ4v) is 7.44. The predicted octanol–water partition coefficient (Wildman–Crippen LogP) is 11.3. The van der Waals surface area contributed by atoms with Crippen LogP contribution in [0, 0.1) is 11.3 Å². The van der Waals surface area contributed by atoms with Crippen LogP contribution in [-0.4, -0.2) is 9.13 Å². The highest BCUT2D eigenvalue weighted by molar-refractivity contribution is 6.17. The minimum absolute atomic E-state index is 0.611. The highest BCUT2D eigenvalue weighted by Crippen LogP contribution is 2.39. The Kier molecular flexibility index (Phi) is 5.32. The van der Waals surface area contributed by atoms with Crippen LogP contribution in [0.15, 0.2) is 156 Å². The summed E-state index contributed by atoms with van der Waals surface area (Å²) in [5.41, 5.74) is 10.9. The van der Waals surface area contributed by atoms with Crippen LogP contribution >= 0.6 is 0 Å². The summed E-state index contributed by atoms with van der Waals surface area (Å²) in [4.78, 5) is 0. The first-order chi connectivity index (χ1) is 23.2. The topological polar surface area (TPSA) is 46.8 Å². The Morgan fingerprint density at radius 3 is 1.64 bits per heavy atom. The molecule has 10 aromatic rings. The Morgan fingerprint density at radius 1 is 0.404 bits per heavy atom. The largest absolute Gasteiger partial charge is 0.456 e. The van der Waals surface area contributed by atoms with E-state index in [2.05, 4.69) is 143 Å². The smallest absolute Gasteiger partial charge is 0.137 e. The fourth-order valence-electron chi connectivity index (χ4n) is 7.44. The summed E-state index contributed by atoms with van der Waals surface area (Å²) in [6, 6.07) is 55.4. The van der Waals surface area contributed by atoms with Crippen molar-refractivity contribution >= 4 is 65.6 Å². The van der Waals surface area contributed by atoms with Gasteiger partial charge in [-0.3, -0.25) is 0 Å². The van der Waals surface area contributed by atoms with Gasteiger partial charge in [-0.15, -0.1) is 0 Å². The number of fused-ring (bicyclic) bond motifs is 9. The normalized spacial score (nSPS) is 11.8. The molecule has 7 aromatic carbocycles. The Labute approximate surface area is 269 Å². The summed E-state index contributed by atoms with van der Waals surface area (Å²) in [6.07, 6.45) is 0. The zero-order valence-corrected chi connectivity index (χ0v) is 25.2. The van der Waals surface area contributed by atoms with E-state index >= 15 is 0 Å². The van der Waals surface area contributed by atoms with Crippen molar-refractivity contribution in [1.82, 2.24) is 9.13 Å². The molecule has 47 heavy (non-hydrogen) atoms. The summed E-state index contributed by atoms with van der Waals surface area (Å²) < 4.78 is 10.9. The van der Waals surface area contributed by atoms with Crippen LogP contribution in [0.4, 0.5) is 0 Å². The summed E-state index contributed by atoms with van der Waals surface area (Å²) in [5, 5.41) is 17.2. The average Bonchev–Trinajstić information content (AvgIpc) is 3.78. The number of benzene rings is 7. The van der Waals surface area contributed by atoms with Gasteiger partial charge in [-0.25, -0.2) is 0 Å². The molecule has 0 aliphatic heterocycles. The number of nitriles is 1. The van der Waals surface area contributed by atoms with Gasteiger partial charge >= 0.3 is 0 Å². The molecule has 4 nitrogen and oxygen atoms in total. The fraction of sp³-hybridized carbons (Fsp3) is 0. The van der Waals surface area contributed by atoms with Gasteiger partial charge in [0, 0.05) is 49.8 Å². The van der Waals surface area contributed by atoms with E-state index in [1.807, 2.05) is 24.3 Å². The second-order valence-electron chi connectivity index (χ2n) is 12.1. The van der Waals surface area contributed by atoms with Crippen molar-refractivity contribution in [2.24, 2.45) is 0 Å². The Hall–Kier alpha value is -6.57. The Morgan fingerprint density at radius 2 is 0.979 bits per heavy atom. The van der Waals surface area contributed by atoms with Crippen molar-refractivity contribution in [3.8, 4) is 28.6 Å². The molecule has 0 aliphatic carbocycles. The van der Waals surface area contributed by atoms with E-state index in [4.69, 9.17) is 4.42 Å². The molecule has 0 spiro atoms. The van der Waals surface area contributed by atoms with Gasteiger partial charge < -0.3 is 13.6 Å². The van der Waals surface area contributed by atoms with Crippen LogP contribution in [0.2, 0.25) is 0 Å². The van der Waals surface area contributed by atoms with Gasteiger partial charge in [0.15, 0.2) is 0 Å². The van der Waals surface area contributed by atoms with Crippen molar-refractivity contribution < 1.29 is 4.42 Å². The van der Waals surface area contributed by atoms with Gasteiger partial charge in [0.25, 0.3) is 0 Å². The van der Waals surface area contributed by atoms with Crippen LogP contribution < -0.4 is 0 Å². The highest BCUT2D eigenvalue weighted by Gasteiger charge is 2.18. The first-order valence-electron chi connectivity index (χ1n) is 15.7. The quantitative estimate of drug-likeness (QED) is 0.203. The monoisotopic (exact) mass is 599 g/mol. The Balaban J connectivity index is 1.16. The third kappa shape index (κ3) is 3.75. The van der Waals surface area contributed by atoms with Gasteiger partial charge in [-0.2, -0.15) is 5.26 Å². The predicted molar refractivity (Wildman–Crippen MR) is 193 cm³/mol. The van der Waals surface area contributed by atoms with Gasteiger partial charge in [-0.05, 0) is 71.8 Å². The molecule has 10 rings (SSSR count). The number of aromatic nitrogens is 2. The molecular weight excluding hydrogens is 574 g/mol. The standard InChI is InChI=1S/C43H25N3O/c44-26-27-21-29(28-17-19-30(20-18-28)45-38-13-5-1-9-32(38)33-10-2-6-14-39(33)45)23-31(22-27)46-40-15-7-3-11-34(40)36-24-37-35-12-4-8-16-42(35)47-43(37)25-41(36)46/h1-25H. The summed E-state index contributed by atoms with van der Waals surface area (Å²) in [5.74, 6) is 0. The van der Waals surface area contributed by atoms with Crippen molar-refractivity contribution in [1.29, 1.82) is 5.26 Å². The maximum Gasteiger partial charge on any atom is 0.137 e. The molecule has 0 radical (unpaired) electrons. The first-order valence-corrected chi connectivity index (χ1v) is 15.7. The number of furan rings is 1. The van der Waals surface area contributed by atoms with Gasteiger partial charge in [0.2, 0.25) is 0 Å². The molecule has 0 unspecified atom stereocenters. The minimum atomic E-state index is 0.611. The maximum absolute atomic E-state index is 10.2. The molecular formula is C43H25N3O. The van der Waals surface area contributed by atoms with Crippen molar-refractivity contribution in [2.45, 2.75) is 0 Å². The third-order valence-corrected chi connectivity index (χ3v) is 9.52. The SMILES string of the molecule is N#Cc1cc(-c2ccc(-n3c4ccccc4c4ccccc43)cc2)cc(-n2c3ccccc3c3cc4c(cc32)oc2ccccc24)c1. The molecule has 0 fully saturated rings. The molecule has 0 bridgehead atoms. The molecule has 0 saturated carbocycles. The van der Waals surface area contributed by atoms with Crippen molar-refractivity contribution in [3.63, 3.8) is 0 Å². The molecule has 4 heteroatoms. The maximum atomic E-state index is 10.2. The average molecular weight is 600 g/mol. The highest BCUT2D eigenvalue weighted by atomic mass is 16.3. The number of nitrogens with zero attached hydrogens (tertiary/aromatic N) is 3. The lowest BCUT2D eigenvalue weighted by Gasteiger charge is -2.13. The summed E-state index contributed by atoms with van der Waals surface area (Å²) in [6.45, 7) is 0. The van der Waals surface area contributed by atoms with E-state index in [-0.39, 0.29) is 0 Å².